The maximum absolute atomic E-state index is 6.32. The van der Waals surface area contributed by atoms with Crippen LogP contribution in [0.3, 0.4) is 0 Å². The molecule has 0 saturated carbocycles. The second kappa shape index (κ2) is 12.8. The van der Waals surface area contributed by atoms with Crippen molar-refractivity contribution in [2.24, 2.45) is 5.73 Å². The number of benzene rings is 2. The highest BCUT2D eigenvalue weighted by Gasteiger charge is 2.16. The van der Waals surface area contributed by atoms with E-state index in [2.05, 4.69) is 36.5 Å². The van der Waals surface area contributed by atoms with E-state index in [0.717, 1.165) is 30.9 Å². The highest BCUT2D eigenvalue weighted by atomic mass is 35.5. The number of hydrogen-bond acceptors (Lipinski definition) is 4. The first-order chi connectivity index (χ1) is 11.7. The Labute approximate surface area is 169 Å². The topological polar surface area (TPSA) is 56.5 Å². The Bertz CT molecular complexity index is 606. The molecular formula is C20H30Cl2N2O2. The van der Waals surface area contributed by atoms with Crippen LogP contribution >= 0.6 is 24.8 Å². The van der Waals surface area contributed by atoms with Gasteiger partial charge in [-0.05, 0) is 48.2 Å². The summed E-state index contributed by atoms with van der Waals surface area (Å²) in [6, 6.07) is 16.6. The van der Waals surface area contributed by atoms with Crippen molar-refractivity contribution < 1.29 is 9.47 Å². The van der Waals surface area contributed by atoms with Crippen LogP contribution in [0.1, 0.15) is 24.5 Å². The SMILES string of the molecule is CCC(N)C(Cc1ccc(OC)cc1)NCc1ccc(OC)cc1.Cl.Cl. The Balaban J connectivity index is 0.00000312. The van der Waals surface area contributed by atoms with E-state index in [0.29, 0.717) is 0 Å². The van der Waals surface area contributed by atoms with Crippen LogP contribution in [-0.4, -0.2) is 26.3 Å². The van der Waals surface area contributed by atoms with Gasteiger partial charge in [0.1, 0.15) is 11.5 Å². The summed E-state index contributed by atoms with van der Waals surface area (Å²) in [6.45, 7) is 2.92. The standard InChI is InChI=1S/C20H28N2O2.2ClH/c1-4-19(21)20(13-15-5-9-17(23-2)10-6-15)22-14-16-7-11-18(24-3)12-8-16;;/h5-12,19-20,22H,4,13-14,21H2,1-3H3;2*1H. The predicted octanol–water partition coefficient (Wildman–Crippen LogP) is 3.99. The van der Waals surface area contributed by atoms with Crippen molar-refractivity contribution in [3.8, 4) is 11.5 Å². The summed E-state index contributed by atoms with van der Waals surface area (Å²) in [5.41, 5.74) is 8.80. The van der Waals surface area contributed by atoms with Gasteiger partial charge in [0, 0.05) is 18.6 Å². The van der Waals surface area contributed by atoms with E-state index in [1.807, 2.05) is 24.3 Å². The van der Waals surface area contributed by atoms with Gasteiger partial charge in [-0.3, -0.25) is 0 Å². The molecule has 0 aliphatic rings. The maximum Gasteiger partial charge on any atom is 0.118 e. The van der Waals surface area contributed by atoms with Crippen LogP contribution in [0.5, 0.6) is 11.5 Å². The lowest BCUT2D eigenvalue weighted by Crippen LogP contribution is -2.45. The molecule has 2 atom stereocenters. The van der Waals surface area contributed by atoms with Gasteiger partial charge in [0.25, 0.3) is 0 Å². The molecule has 2 aromatic carbocycles. The molecule has 146 valence electrons. The van der Waals surface area contributed by atoms with Gasteiger partial charge in [0.15, 0.2) is 0 Å². The number of rotatable bonds is 9. The highest BCUT2D eigenvalue weighted by Crippen LogP contribution is 2.15. The van der Waals surface area contributed by atoms with Gasteiger partial charge in [0.05, 0.1) is 14.2 Å². The normalized spacial score (nSPS) is 12.3. The fraction of sp³-hybridized carbons (Fsp3) is 0.400. The Hall–Kier alpha value is -1.46. The summed E-state index contributed by atoms with van der Waals surface area (Å²) in [5.74, 6) is 1.75. The molecule has 0 fully saturated rings. The van der Waals surface area contributed by atoms with E-state index >= 15 is 0 Å². The number of hydrogen-bond donors (Lipinski definition) is 2. The Morgan fingerprint density at radius 2 is 1.31 bits per heavy atom. The molecule has 0 heterocycles. The molecule has 0 aromatic heterocycles. The van der Waals surface area contributed by atoms with Crippen LogP contribution in [0, 0.1) is 0 Å². The maximum atomic E-state index is 6.32. The smallest absolute Gasteiger partial charge is 0.118 e. The van der Waals surface area contributed by atoms with E-state index in [4.69, 9.17) is 15.2 Å². The van der Waals surface area contributed by atoms with Crippen molar-refractivity contribution in [2.75, 3.05) is 14.2 Å². The zero-order valence-corrected chi connectivity index (χ0v) is 17.2. The molecule has 0 spiro atoms. The molecule has 2 rings (SSSR count). The quantitative estimate of drug-likeness (QED) is 0.667. The van der Waals surface area contributed by atoms with Crippen molar-refractivity contribution in [3.63, 3.8) is 0 Å². The number of ether oxygens (including phenoxy) is 2. The second-order valence-corrected chi connectivity index (χ2v) is 5.96. The van der Waals surface area contributed by atoms with Gasteiger partial charge in [0.2, 0.25) is 0 Å². The van der Waals surface area contributed by atoms with Crippen molar-refractivity contribution in [2.45, 2.75) is 38.4 Å². The summed E-state index contributed by atoms with van der Waals surface area (Å²) in [7, 11) is 3.36. The average Bonchev–Trinajstić information content (AvgIpc) is 2.65. The first-order valence-electron chi connectivity index (χ1n) is 8.41. The molecule has 26 heavy (non-hydrogen) atoms. The summed E-state index contributed by atoms with van der Waals surface area (Å²) < 4.78 is 10.4. The van der Waals surface area contributed by atoms with Crippen molar-refractivity contribution in [1.82, 2.24) is 5.32 Å². The van der Waals surface area contributed by atoms with Crippen molar-refractivity contribution in [3.05, 3.63) is 59.7 Å². The summed E-state index contributed by atoms with van der Waals surface area (Å²) in [6.07, 6.45) is 1.84. The second-order valence-electron chi connectivity index (χ2n) is 5.96. The molecule has 2 unspecified atom stereocenters. The predicted molar refractivity (Wildman–Crippen MR) is 113 cm³/mol. The van der Waals surface area contributed by atoms with Crippen LogP contribution in [0.2, 0.25) is 0 Å². The molecule has 6 heteroatoms. The van der Waals surface area contributed by atoms with E-state index in [-0.39, 0.29) is 36.9 Å². The summed E-state index contributed by atoms with van der Waals surface area (Å²) >= 11 is 0. The lowest BCUT2D eigenvalue weighted by atomic mass is 9.98. The van der Waals surface area contributed by atoms with Crippen LogP contribution in [0.15, 0.2) is 48.5 Å². The zero-order valence-electron chi connectivity index (χ0n) is 15.6. The van der Waals surface area contributed by atoms with Crippen molar-refractivity contribution in [1.29, 1.82) is 0 Å². The molecule has 0 aliphatic carbocycles. The third-order valence-electron chi connectivity index (χ3n) is 4.33. The van der Waals surface area contributed by atoms with Crippen molar-refractivity contribution >= 4 is 24.8 Å². The van der Waals surface area contributed by atoms with Gasteiger partial charge in [-0.25, -0.2) is 0 Å². The zero-order chi connectivity index (χ0) is 17.4. The Kier molecular flexibility index (Phi) is 12.1. The minimum atomic E-state index is 0. The fourth-order valence-electron chi connectivity index (χ4n) is 2.67. The first-order valence-corrected chi connectivity index (χ1v) is 8.41. The third kappa shape index (κ3) is 7.42. The monoisotopic (exact) mass is 400 g/mol. The first kappa shape index (κ1) is 24.5. The lowest BCUT2D eigenvalue weighted by Gasteiger charge is -2.25. The van der Waals surface area contributed by atoms with E-state index in [9.17, 15) is 0 Å². The molecule has 0 saturated heterocycles. The van der Waals surface area contributed by atoms with Gasteiger partial charge < -0.3 is 20.5 Å². The molecule has 2 aromatic rings. The minimum Gasteiger partial charge on any atom is -0.497 e. The van der Waals surface area contributed by atoms with Gasteiger partial charge in [-0.1, -0.05) is 31.2 Å². The fourth-order valence-corrected chi connectivity index (χ4v) is 2.67. The number of nitrogens with one attached hydrogen (secondary N) is 1. The van der Waals surface area contributed by atoms with Gasteiger partial charge in [-0.2, -0.15) is 0 Å². The molecular weight excluding hydrogens is 371 g/mol. The Morgan fingerprint density at radius 1 is 0.846 bits per heavy atom. The number of methoxy groups -OCH3 is 2. The number of halogens is 2. The average molecular weight is 401 g/mol. The van der Waals surface area contributed by atoms with E-state index in [1.54, 1.807) is 14.2 Å². The molecule has 0 radical (unpaired) electrons. The van der Waals surface area contributed by atoms with Gasteiger partial charge >= 0.3 is 0 Å². The molecule has 0 amide bonds. The minimum absolute atomic E-state index is 0. The third-order valence-corrected chi connectivity index (χ3v) is 4.33. The van der Waals surface area contributed by atoms with Gasteiger partial charge in [-0.15, -0.1) is 24.8 Å². The molecule has 0 bridgehead atoms. The summed E-state index contributed by atoms with van der Waals surface area (Å²) in [5, 5.41) is 3.60. The molecule has 0 aliphatic heterocycles. The lowest BCUT2D eigenvalue weighted by molar-refractivity contribution is 0.409. The van der Waals surface area contributed by atoms with Crippen LogP contribution in [0.4, 0.5) is 0 Å². The Morgan fingerprint density at radius 3 is 1.73 bits per heavy atom. The number of nitrogens with two attached hydrogens (primary N) is 1. The largest absolute Gasteiger partial charge is 0.497 e. The van der Waals surface area contributed by atoms with Crippen LogP contribution in [-0.2, 0) is 13.0 Å². The van der Waals surface area contributed by atoms with Crippen LogP contribution < -0.4 is 20.5 Å². The molecule has 4 nitrogen and oxygen atoms in total. The van der Waals surface area contributed by atoms with E-state index in [1.165, 1.54) is 11.1 Å². The summed E-state index contributed by atoms with van der Waals surface area (Å²) in [4.78, 5) is 0. The van der Waals surface area contributed by atoms with Crippen LogP contribution in [0.25, 0.3) is 0 Å². The van der Waals surface area contributed by atoms with E-state index < -0.39 is 0 Å². The highest BCUT2D eigenvalue weighted by molar-refractivity contribution is 5.85. The molecule has 3 N–H and O–H groups in total.